The Morgan fingerprint density at radius 1 is 1.12 bits per heavy atom. The summed E-state index contributed by atoms with van der Waals surface area (Å²) in [6.45, 7) is 3.48. The van der Waals surface area contributed by atoms with Gasteiger partial charge in [0.15, 0.2) is 0 Å². The second-order valence-electron chi connectivity index (χ2n) is 5.71. The van der Waals surface area contributed by atoms with Crippen LogP contribution >= 0.6 is 15.9 Å². The summed E-state index contributed by atoms with van der Waals surface area (Å²) in [5.74, 6) is -0.353. The van der Waals surface area contributed by atoms with Crippen molar-refractivity contribution in [3.05, 3.63) is 86.2 Å². The van der Waals surface area contributed by atoms with Crippen molar-refractivity contribution >= 4 is 27.5 Å². The molecule has 0 aliphatic rings. The molecular weight excluding hydrogens is 396 g/mol. The van der Waals surface area contributed by atoms with E-state index in [9.17, 15) is 9.59 Å². The number of carbonyl (C=O) groups is 1. The molecule has 0 aliphatic heterocycles. The minimum atomic E-state index is -0.353. The largest absolute Gasteiger partial charge is 0.295 e. The highest BCUT2D eigenvalue weighted by Gasteiger charge is 2.16. The lowest BCUT2D eigenvalue weighted by molar-refractivity contribution is 0.0954. The van der Waals surface area contributed by atoms with Crippen molar-refractivity contribution < 1.29 is 4.79 Å². The number of hydrogen-bond acceptors (Lipinski definition) is 3. The molecule has 6 nitrogen and oxygen atoms in total. The predicted molar refractivity (Wildman–Crippen MR) is 105 cm³/mol. The number of rotatable bonds is 4. The topological polar surface area (TPSA) is 79.2 Å². The Bertz CT molecular complexity index is 1040. The molecule has 26 heavy (non-hydrogen) atoms. The molecule has 0 saturated heterocycles. The lowest BCUT2D eigenvalue weighted by Gasteiger charge is -2.03. The van der Waals surface area contributed by atoms with Crippen LogP contribution in [0.3, 0.4) is 0 Å². The van der Waals surface area contributed by atoms with Gasteiger partial charge in [0, 0.05) is 10.2 Å². The maximum absolute atomic E-state index is 12.7. The van der Waals surface area contributed by atoms with Gasteiger partial charge in [-0.25, -0.2) is 10.1 Å². The first-order chi connectivity index (χ1) is 12.5. The Kier molecular flexibility index (Phi) is 5.18. The molecule has 132 valence electrons. The van der Waals surface area contributed by atoms with E-state index in [1.807, 2.05) is 36.4 Å². The zero-order valence-electron chi connectivity index (χ0n) is 14.3. The summed E-state index contributed by atoms with van der Waals surface area (Å²) in [4.78, 5) is 25.0. The molecule has 0 radical (unpaired) electrons. The van der Waals surface area contributed by atoms with Gasteiger partial charge < -0.3 is 0 Å². The van der Waals surface area contributed by atoms with Gasteiger partial charge in [0.25, 0.3) is 11.5 Å². The first kappa shape index (κ1) is 17.9. The summed E-state index contributed by atoms with van der Waals surface area (Å²) < 4.78 is 2.13. The van der Waals surface area contributed by atoms with Crippen molar-refractivity contribution in [1.29, 1.82) is 0 Å². The number of aromatic amines is 1. The summed E-state index contributed by atoms with van der Waals surface area (Å²) in [5.41, 5.74) is 5.02. The van der Waals surface area contributed by atoms with Crippen molar-refractivity contribution in [1.82, 2.24) is 15.2 Å². The first-order valence-corrected chi connectivity index (χ1v) is 8.75. The SMILES string of the molecule is C/C(=N\NC(=O)c1ccccc1Br)c1c(C)[nH]n(-c2ccccc2)c1=O. The second-order valence-corrected chi connectivity index (χ2v) is 6.56. The second kappa shape index (κ2) is 7.53. The maximum Gasteiger partial charge on any atom is 0.280 e. The Morgan fingerprint density at radius 2 is 1.77 bits per heavy atom. The molecule has 1 heterocycles. The highest BCUT2D eigenvalue weighted by atomic mass is 79.9. The summed E-state index contributed by atoms with van der Waals surface area (Å²) in [5, 5.41) is 7.15. The van der Waals surface area contributed by atoms with Crippen molar-refractivity contribution in [2.24, 2.45) is 5.10 Å². The van der Waals surface area contributed by atoms with E-state index < -0.39 is 0 Å². The van der Waals surface area contributed by atoms with Crippen LogP contribution < -0.4 is 11.0 Å². The number of aromatic nitrogens is 2. The number of para-hydroxylation sites is 1. The van der Waals surface area contributed by atoms with E-state index >= 15 is 0 Å². The van der Waals surface area contributed by atoms with Crippen LogP contribution in [0, 0.1) is 6.92 Å². The lowest BCUT2D eigenvalue weighted by Crippen LogP contribution is -2.23. The standard InChI is InChI=1S/C19H17BrN4O2/c1-12(21-22-18(25)15-10-6-7-11-16(15)20)17-13(2)23-24(19(17)26)14-8-4-3-5-9-14/h3-11,23H,1-2H3,(H,22,25)/b21-12+. The Morgan fingerprint density at radius 3 is 2.46 bits per heavy atom. The fourth-order valence-electron chi connectivity index (χ4n) is 2.63. The number of halogens is 1. The number of H-pyrrole nitrogens is 1. The summed E-state index contributed by atoms with van der Waals surface area (Å²) >= 11 is 3.33. The van der Waals surface area contributed by atoms with Crippen LogP contribution in [0.25, 0.3) is 5.69 Å². The van der Waals surface area contributed by atoms with Crippen molar-refractivity contribution in [2.75, 3.05) is 0 Å². The van der Waals surface area contributed by atoms with Crippen molar-refractivity contribution in [3.63, 3.8) is 0 Å². The van der Waals surface area contributed by atoms with Gasteiger partial charge in [-0.1, -0.05) is 30.3 Å². The van der Waals surface area contributed by atoms with Crippen LogP contribution in [0.15, 0.2) is 69.0 Å². The number of carbonyl (C=O) groups excluding carboxylic acids is 1. The van der Waals surface area contributed by atoms with Crippen LogP contribution in [-0.4, -0.2) is 21.4 Å². The minimum Gasteiger partial charge on any atom is -0.295 e. The van der Waals surface area contributed by atoms with Gasteiger partial charge in [-0.3, -0.25) is 14.7 Å². The van der Waals surface area contributed by atoms with E-state index in [1.54, 1.807) is 32.0 Å². The zero-order chi connectivity index (χ0) is 18.7. The number of nitrogens with zero attached hydrogens (tertiary/aromatic N) is 2. The third-order valence-corrected chi connectivity index (χ3v) is 4.58. The molecule has 3 aromatic rings. The normalized spacial score (nSPS) is 11.4. The number of aryl methyl sites for hydroxylation is 1. The molecule has 0 saturated carbocycles. The smallest absolute Gasteiger partial charge is 0.280 e. The Balaban J connectivity index is 1.89. The molecule has 1 aromatic heterocycles. The molecule has 0 atom stereocenters. The fraction of sp³-hybridized carbons (Fsp3) is 0.105. The number of hydrogen-bond donors (Lipinski definition) is 2. The highest BCUT2D eigenvalue weighted by Crippen LogP contribution is 2.15. The molecule has 0 fully saturated rings. The van der Waals surface area contributed by atoms with Gasteiger partial charge in [0.2, 0.25) is 0 Å². The predicted octanol–water partition coefficient (Wildman–Crippen LogP) is 3.39. The number of nitrogens with one attached hydrogen (secondary N) is 2. The van der Waals surface area contributed by atoms with E-state index in [-0.39, 0.29) is 11.5 Å². The average Bonchev–Trinajstić information content (AvgIpc) is 2.95. The van der Waals surface area contributed by atoms with E-state index in [4.69, 9.17) is 0 Å². The van der Waals surface area contributed by atoms with Crippen LogP contribution in [0.1, 0.15) is 28.5 Å². The number of benzene rings is 2. The Labute approximate surface area is 158 Å². The molecule has 0 unspecified atom stereocenters. The van der Waals surface area contributed by atoms with Gasteiger partial charge >= 0.3 is 0 Å². The maximum atomic E-state index is 12.7. The summed E-state index contributed by atoms with van der Waals surface area (Å²) in [6.07, 6.45) is 0. The molecule has 0 spiro atoms. The Hall–Kier alpha value is -2.93. The van der Waals surface area contributed by atoms with Gasteiger partial charge in [-0.15, -0.1) is 0 Å². The number of amides is 1. The van der Waals surface area contributed by atoms with Crippen LogP contribution in [-0.2, 0) is 0 Å². The third-order valence-electron chi connectivity index (χ3n) is 3.89. The van der Waals surface area contributed by atoms with E-state index in [2.05, 4.69) is 31.6 Å². The fourth-order valence-corrected chi connectivity index (χ4v) is 3.09. The molecule has 0 bridgehead atoms. The van der Waals surface area contributed by atoms with Crippen molar-refractivity contribution in [3.8, 4) is 5.69 Å². The average molecular weight is 413 g/mol. The molecule has 3 rings (SSSR count). The van der Waals surface area contributed by atoms with E-state index in [1.165, 1.54) is 4.68 Å². The van der Waals surface area contributed by atoms with Crippen molar-refractivity contribution in [2.45, 2.75) is 13.8 Å². The van der Waals surface area contributed by atoms with Gasteiger partial charge in [-0.05, 0) is 54.0 Å². The van der Waals surface area contributed by atoms with Crippen LogP contribution in [0.4, 0.5) is 0 Å². The number of hydrazone groups is 1. The third kappa shape index (κ3) is 3.52. The lowest BCUT2D eigenvalue weighted by atomic mass is 10.2. The van der Waals surface area contributed by atoms with E-state index in [0.29, 0.717) is 27.0 Å². The molecule has 7 heteroatoms. The molecule has 2 aromatic carbocycles. The summed E-state index contributed by atoms with van der Waals surface area (Å²) in [7, 11) is 0. The molecule has 2 N–H and O–H groups in total. The molecule has 0 aliphatic carbocycles. The van der Waals surface area contributed by atoms with Crippen LogP contribution in [0.5, 0.6) is 0 Å². The summed E-state index contributed by atoms with van der Waals surface area (Å²) in [6, 6.07) is 16.3. The molecule has 1 amide bonds. The van der Waals surface area contributed by atoms with Gasteiger partial charge in [0.1, 0.15) is 0 Å². The minimum absolute atomic E-state index is 0.218. The van der Waals surface area contributed by atoms with Gasteiger partial charge in [0.05, 0.1) is 22.5 Å². The first-order valence-electron chi connectivity index (χ1n) is 7.95. The molecular formula is C19H17BrN4O2. The highest BCUT2D eigenvalue weighted by molar-refractivity contribution is 9.10. The van der Waals surface area contributed by atoms with Gasteiger partial charge in [-0.2, -0.15) is 5.10 Å². The monoisotopic (exact) mass is 412 g/mol. The zero-order valence-corrected chi connectivity index (χ0v) is 15.9. The van der Waals surface area contributed by atoms with Crippen LogP contribution in [0.2, 0.25) is 0 Å². The quantitative estimate of drug-likeness (QED) is 0.508. The van der Waals surface area contributed by atoms with E-state index in [0.717, 1.165) is 5.69 Å².